The lowest BCUT2D eigenvalue weighted by Gasteiger charge is -2.30. The highest BCUT2D eigenvalue weighted by molar-refractivity contribution is 6.31. The van der Waals surface area contributed by atoms with Crippen LogP contribution in [-0.4, -0.2) is 38.3 Å². The topological polar surface area (TPSA) is 109 Å². The van der Waals surface area contributed by atoms with Gasteiger partial charge in [0.1, 0.15) is 17.3 Å². The quantitative estimate of drug-likeness (QED) is 0.642. The minimum Gasteiger partial charge on any atom is -0.465 e. The lowest BCUT2D eigenvalue weighted by molar-refractivity contribution is -0.383. The number of nitrogens with zero attached hydrogens (tertiary/aromatic N) is 2. The number of H-pyrrole nitrogens is 1. The second kappa shape index (κ2) is 5.10. The third-order valence-corrected chi connectivity index (χ3v) is 4.16. The number of ether oxygens (including phenoxy) is 1. The molecule has 0 radical (unpaired) electrons. The minimum atomic E-state index is -1.12. The minimum absolute atomic E-state index is 0.154. The van der Waals surface area contributed by atoms with Gasteiger partial charge in [0.05, 0.1) is 11.5 Å². The van der Waals surface area contributed by atoms with E-state index in [1.165, 1.54) is 11.0 Å². The zero-order valence-corrected chi connectivity index (χ0v) is 13.1. The summed E-state index contributed by atoms with van der Waals surface area (Å²) in [7, 11) is 0. The molecule has 0 bridgehead atoms. The Labute approximate surface area is 135 Å². The van der Waals surface area contributed by atoms with E-state index in [4.69, 9.17) is 16.3 Å². The van der Waals surface area contributed by atoms with E-state index in [0.29, 0.717) is 16.6 Å². The molecule has 9 heteroatoms. The van der Waals surface area contributed by atoms with Gasteiger partial charge in [0.2, 0.25) is 0 Å². The number of hydrogen-bond acceptors (Lipinski definition) is 4. The number of benzene rings is 1. The van der Waals surface area contributed by atoms with Gasteiger partial charge in [-0.2, -0.15) is 0 Å². The number of aromatic nitrogens is 1. The number of carbonyl (C=O) groups is 1. The van der Waals surface area contributed by atoms with Crippen LogP contribution in [0.15, 0.2) is 18.2 Å². The highest BCUT2D eigenvalue weighted by atomic mass is 35.5. The van der Waals surface area contributed by atoms with E-state index < -0.39 is 22.8 Å². The van der Waals surface area contributed by atoms with E-state index in [-0.39, 0.29) is 17.3 Å². The molecule has 0 saturated carbocycles. The van der Waals surface area contributed by atoms with Crippen LogP contribution in [-0.2, 0) is 4.74 Å². The maximum atomic E-state index is 11.5. The molecule has 2 aromatic rings. The summed E-state index contributed by atoms with van der Waals surface area (Å²) in [5.41, 5.74) is -0.293. The van der Waals surface area contributed by atoms with E-state index in [0.717, 1.165) is 0 Å². The Morgan fingerprint density at radius 3 is 2.83 bits per heavy atom. The fraction of sp³-hybridized carbons (Fsp3) is 0.357. The zero-order chi connectivity index (χ0) is 16.9. The molecular formula is C14H14ClN3O5. The fourth-order valence-electron chi connectivity index (χ4n) is 2.93. The Morgan fingerprint density at radius 2 is 2.22 bits per heavy atom. The number of carboxylic acid groups (broad SMARTS) is 1. The van der Waals surface area contributed by atoms with Crippen molar-refractivity contribution in [3.8, 4) is 0 Å². The summed E-state index contributed by atoms with van der Waals surface area (Å²) in [5, 5.41) is 21.4. The third kappa shape index (κ3) is 2.49. The van der Waals surface area contributed by atoms with Gasteiger partial charge in [-0.15, -0.1) is 0 Å². The third-order valence-electron chi connectivity index (χ3n) is 3.94. The Hall–Kier alpha value is -2.32. The Morgan fingerprint density at radius 1 is 1.52 bits per heavy atom. The van der Waals surface area contributed by atoms with Gasteiger partial charge in [-0.1, -0.05) is 11.6 Å². The number of fused-ring (bicyclic) bond motifs is 1. The highest BCUT2D eigenvalue weighted by Gasteiger charge is 2.45. The van der Waals surface area contributed by atoms with Gasteiger partial charge in [-0.05, 0) is 26.0 Å². The molecule has 1 aromatic carbocycles. The van der Waals surface area contributed by atoms with E-state index in [2.05, 4.69) is 4.98 Å². The van der Waals surface area contributed by atoms with Crippen molar-refractivity contribution in [1.29, 1.82) is 0 Å². The highest BCUT2D eigenvalue weighted by Crippen LogP contribution is 2.39. The van der Waals surface area contributed by atoms with E-state index in [9.17, 15) is 20.0 Å². The Balaban J connectivity index is 2.13. The van der Waals surface area contributed by atoms with Crippen LogP contribution in [0.3, 0.4) is 0 Å². The maximum absolute atomic E-state index is 11.5. The molecule has 8 nitrogen and oxygen atoms in total. The smallest absolute Gasteiger partial charge is 0.410 e. The summed E-state index contributed by atoms with van der Waals surface area (Å²) < 4.78 is 5.54. The van der Waals surface area contributed by atoms with Gasteiger partial charge in [-0.25, -0.2) is 4.79 Å². The SMILES string of the molecule is CC1(C)OC[C@H](c2cc3cc(Cl)cc([N+](=O)[O-])c3[nH]2)N1C(=O)O. The first-order valence-corrected chi connectivity index (χ1v) is 7.21. The number of non-ortho nitro benzene ring substituents is 1. The standard InChI is InChI=1S/C14H14ClN3O5/c1-14(2)17(13(19)20)11(6-23-14)9-4-7-3-8(15)5-10(18(21)22)12(7)16-9/h3-5,11,16H,6H2,1-2H3,(H,19,20)/t11-/m1/s1. The normalized spacial score (nSPS) is 20.1. The lowest BCUT2D eigenvalue weighted by atomic mass is 10.1. The Kier molecular flexibility index (Phi) is 3.46. The number of nitrogens with one attached hydrogen (secondary N) is 1. The summed E-state index contributed by atoms with van der Waals surface area (Å²) in [5.74, 6) is 0. The molecule has 0 aliphatic carbocycles. The van der Waals surface area contributed by atoms with Gasteiger partial charge in [0.15, 0.2) is 0 Å². The van der Waals surface area contributed by atoms with Crippen molar-refractivity contribution in [2.45, 2.75) is 25.6 Å². The van der Waals surface area contributed by atoms with Crippen LogP contribution < -0.4 is 0 Å². The average molecular weight is 340 g/mol. The molecule has 122 valence electrons. The molecule has 1 amide bonds. The molecule has 23 heavy (non-hydrogen) atoms. The van der Waals surface area contributed by atoms with Gasteiger partial charge in [0.25, 0.3) is 5.69 Å². The van der Waals surface area contributed by atoms with E-state index >= 15 is 0 Å². The second-order valence-electron chi connectivity index (χ2n) is 5.80. The van der Waals surface area contributed by atoms with Crippen molar-refractivity contribution in [2.75, 3.05) is 6.61 Å². The number of nitro groups is 1. The molecule has 1 fully saturated rings. The van der Waals surface area contributed by atoms with Crippen LogP contribution in [0.2, 0.25) is 5.02 Å². The summed E-state index contributed by atoms with van der Waals surface area (Å²) in [6.07, 6.45) is -1.12. The van der Waals surface area contributed by atoms with E-state index in [1.54, 1.807) is 26.0 Å². The van der Waals surface area contributed by atoms with Crippen molar-refractivity contribution in [1.82, 2.24) is 9.88 Å². The predicted molar refractivity (Wildman–Crippen MR) is 82.6 cm³/mol. The van der Waals surface area contributed by atoms with Gasteiger partial charge >= 0.3 is 6.09 Å². The second-order valence-corrected chi connectivity index (χ2v) is 6.23. The van der Waals surface area contributed by atoms with Crippen LogP contribution in [0.4, 0.5) is 10.5 Å². The molecule has 0 unspecified atom stereocenters. The predicted octanol–water partition coefficient (Wildman–Crippen LogP) is 3.52. The number of halogens is 1. The molecule has 1 atom stereocenters. The van der Waals surface area contributed by atoms with E-state index in [1.807, 2.05) is 0 Å². The fourth-order valence-corrected chi connectivity index (χ4v) is 3.15. The molecule has 1 aromatic heterocycles. The molecule has 1 saturated heterocycles. The molecule has 2 heterocycles. The number of amides is 1. The van der Waals surface area contributed by atoms with Gasteiger partial charge in [0, 0.05) is 22.2 Å². The van der Waals surface area contributed by atoms with Crippen molar-refractivity contribution in [2.24, 2.45) is 0 Å². The Bertz CT molecular complexity index is 816. The maximum Gasteiger partial charge on any atom is 0.410 e. The van der Waals surface area contributed by atoms with Gasteiger partial charge in [-0.3, -0.25) is 15.0 Å². The summed E-state index contributed by atoms with van der Waals surface area (Å²) in [4.78, 5) is 26.3. The van der Waals surface area contributed by atoms with Crippen LogP contribution in [0.1, 0.15) is 25.6 Å². The zero-order valence-electron chi connectivity index (χ0n) is 12.4. The lowest BCUT2D eigenvalue weighted by Crippen LogP contribution is -2.44. The van der Waals surface area contributed by atoms with Crippen molar-refractivity contribution >= 4 is 34.3 Å². The molecule has 0 spiro atoms. The molecule has 1 aliphatic rings. The number of aromatic amines is 1. The monoisotopic (exact) mass is 339 g/mol. The largest absolute Gasteiger partial charge is 0.465 e. The summed E-state index contributed by atoms with van der Waals surface area (Å²) in [6.45, 7) is 3.47. The first kappa shape index (κ1) is 15.6. The average Bonchev–Trinajstić information content (AvgIpc) is 2.97. The van der Waals surface area contributed by atoms with Crippen molar-refractivity contribution in [3.63, 3.8) is 0 Å². The van der Waals surface area contributed by atoms with Crippen molar-refractivity contribution < 1.29 is 19.6 Å². The molecule has 2 N–H and O–H groups in total. The van der Waals surface area contributed by atoms with Crippen molar-refractivity contribution in [3.05, 3.63) is 39.0 Å². The molecule has 3 rings (SSSR count). The first-order valence-electron chi connectivity index (χ1n) is 6.83. The van der Waals surface area contributed by atoms with Crippen LogP contribution in [0.5, 0.6) is 0 Å². The van der Waals surface area contributed by atoms with Crippen LogP contribution >= 0.6 is 11.6 Å². The number of nitro benzene ring substituents is 1. The number of hydrogen-bond donors (Lipinski definition) is 2. The van der Waals surface area contributed by atoms with Gasteiger partial charge < -0.3 is 14.8 Å². The first-order chi connectivity index (χ1) is 10.7. The molecule has 1 aliphatic heterocycles. The van der Waals surface area contributed by atoms with Crippen LogP contribution in [0.25, 0.3) is 10.9 Å². The summed E-state index contributed by atoms with van der Waals surface area (Å²) in [6, 6.07) is 3.94. The number of rotatable bonds is 2. The summed E-state index contributed by atoms with van der Waals surface area (Å²) >= 11 is 5.91. The van der Waals surface area contributed by atoms with Crippen LogP contribution in [0, 0.1) is 10.1 Å². The molecular weight excluding hydrogens is 326 g/mol.